The number of carboxylic acid groups (broad SMARTS) is 1. The summed E-state index contributed by atoms with van der Waals surface area (Å²) in [5.74, 6) is -1.22. The first-order valence-corrected chi connectivity index (χ1v) is 6.82. The molecule has 20 heavy (non-hydrogen) atoms. The van der Waals surface area contributed by atoms with E-state index >= 15 is 0 Å². The number of hydrogen-bond acceptors (Lipinski definition) is 3. The van der Waals surface area contributed by atoms with E-state index in [0.29, 0.717) is 23.4 Å². The average Bonchev–Trinajstić information content (AvgIpc) is 2.40. The normalized spacial score (nSPS) is 22.6. The fourth-order valence-corrected chi connectivity index (χ4v) is 2.83. The maximum atomic E-state index is 12.6. The molecule has 0 saturated carbocycles. The lowest BCUT2D eigenvalue weighted by Gasteiger charge is -2.37. The molecule has 108 valence electrons. The van der Waals surface area contributed by atoms with Crippen molar-refractivity contribution in [2.45, 2.75) is 32.7 Å². The van der Waals surface area contributed by atoms with Gasteiger partial charge >= 0.3 is 5.97 Å². The third kappa shape index (κ3) is 2.48. The Hall–Kier alpha value is -2.04. The van der Waals surface area contributed by atoms with Crippen molar-refractivity contribution in [3.05, 3.63) is 29.3 Å². The van der Waals surface area contributed by atoms with Crippen molar-refractivity contribution in [1.29, 1.82) is 0 Å². The molecule has 1 amide bonds. The van der Waals surface area contributed by atoms with Gasteiger partial charge in [-0.05, 0) is 43.4 Å². The summed E-state index contributed by atoms with van der Waals surface area (Å²) in [5, 5.41) is 9.38. The SMILES string of the molecule is Cc1c(N)cccc1C(=O)N1CCCC(C)C1C(=O)O. The van der Waals surface area contributed by atoms with E-state index in [4.69, 9.17) is 5.73 Å². The van der Waals surface area contributed by atoms with Crippen LogP contribution < -0.4 is 5.73 Å². The minimum absolute atomic E-state index is 0.0356. The highest BCUT2D eigenvalue weighted by atomic mass is 16.4. The van der Waals surface area contributed by atoms with Crippen molar-refractivity contribution in [3.8, 4) is 0 Å². The monoisotopic (exact) mass is 276 g/mol. The molecule has 1 aromatic carbocycles. The first-order valence-electron chi connectivity index (χ1n) is 6.82. The van der Waals surface area contributed by atoms with Crippen molar-refractivity contribution in [1.82, 2.24) is 4.90 Å². The Balaban J connectivity index is 2.35. The van der Waals surface area contributed by atoms with Crippen LogP contribution in [0.4, 0.5) is 5.69 Å². The van der Waals surface area contributed by atoms with Crippen LogP contribution in [-0.2, 0) is 4.79 Å². The third-order valence-electron chi connectivity index (χ3n) is 4.05. The van der Waals surface area contributed by atoms with Gasteiger partial charge in [0.1, 0.15) is 6.04 Å². The van der Waals surface area contributed by atoms with Gasteiger partial charge in [0.05, 0.1) is 0 Å². The fourth-order valence-electron chi connectivity index (χ4n) is 2.83. The standard InChI is InChI=1S/C15H20N2O3/c1-9-5-4-8-17(13(9)15(19)20)14(18)11-6-3-7-12(16)10(11)2/h3,6-7,9,13H,4-5,8,16H2,1-2H3,(H,19,20). The maximum Gasteiger partial charge on any atom is 0.326 e. The van der Waals surface area contributed by atoms with Gasteiger partial charge < -0.3 is 15.7 Å². The quantitative estimate of drug-likeness (QED) is 0.808. The number of nitrogens with two attached hydrogens (primary N) is 1. The predicted octanol–water partition coefficient (Wildman–Crippen LogP) is 1.90. The molecule has 1 aliphatic heterocycles. The minimum Gasteiger partial charge on any atom is -0.480 e. The smallest absolute Gasteiger partial charge is 0.326 e. The number of piperidine rings is 1. The Bertz CT molecular complexity index is 542. The Morgan fingerprint density at radius 2 is 2.10 bits per heavy atom. The molecule has 0 aliphatic carbocycles. The van der Waals surface area contributed by atoms with Gasteiger partial charge in [-0.15, -0.1) is 0 Å². The summed E-state index contributed by atoms with van der Waals surface area (Å²) in [4.78, 5) is 25.6. The van der Waals surface area contributed by atoms with E-state index < -0.39 is 12.0 Å². The first-order chi connectivity index (χ1) is 9.43. The van der Waals surface area contributed by atoms with E-state index in [1.54, 1.807) is 25.1 Å². The Kier molecular flexibility index (Phi) is 3.97. The van der Waals surface area contributed by atoms with Gasteiger partial charge in [-0.2, -0.15) is 0 Å². The van der Waals surface area contributed by atoms with Crippen molar-refractivity contribution >= 4 is 17.6 Å². The zero-order valence-electron chi connectivity index (χ0n) is 11.8. The molecule has 2 atom stereocenters. The number of carbonyl (C=O) groups excluding carboxylic acids is 1. The molecule has 1 aromatic rings. The molecule has 1 heterocycles. The summed E-state index contributed by atoms with van der Waals surface area (Å²) in [5.41, 5.74) is 7.57. The van der Waals surface area contributed by atoms with Crippen molar-refractivity contribution in [2.75, 3.05) is 12.3 Å². The fraction of sp³-hybridized carbons (Fsp3) is 0.467. The second-order valence-electron chi connectivity index (χ2n) is 5.42. The highest BCUT2D eigenvalue weighted by molar-refractivity contribution is 5.99. The molecule has 1 saturated heterocycles. The molecule has 5 nitrogen and oxygen atoms in total. The number of rotatable bonds is 2. The van der Waals surface area contributed by atoms with Gasteiger partial charge in [0.2, 0.25) is 0 Å². The Labute approximate surface area is 118 Å². The molecule has 0 aromatic heterocycles. The molecule has 2 unspecified atom stereocenters. The van der Waals surface area contributed by atoms with Crippen LogP contribution in [-0.4, -0.2) is 34.5 Å². The minimum atomic E-state index is -0.938. The van der Waals surface area contributed by atoms with Gasteiger partial charge in [0.15, 0.2) is 0 Å². The van der Waals surface area contributed by atoms with E-state index in [-0.39, 0.29) is 11.8 Å². The summed E-state index contributed by atoms with van der Waals surface area (Å²) in [6, 6.07) is 4.40. The van der Waals surface area contributed by atoms with E-state index in [1.807, 2.05) is 6.92 Å². The number of anilines is 1. The Morgan fingerprint density at radius 1 is 1.40 bits per heavy atom. The number of aliphatic carboxylic acids is 1. The molecule has 0 spiro atoms. The van der Waals surface area contributed by atoms with Crippen LogP contribution in [0.2, 0.25) is 0 Å². The number of amides is 1. The molecular weight excluding hydrogens is 256 g/mol. The number of hydrogen-bond donors (Lipinski definition) is 2. The van der Waals surface area contributed by atoms with Crippen LogP contribution in [0.1, 0.15) is 35.7 Å². The second-order valence-corrected chi connectivity index (χ2v) is 5.42. The van der Waals surface area contributed by atoms with Gasteiger partial charge in [-0.25, -0.2) is 4.79 Å². The van der Waals surface area contributed by atoms with E-state index in [9.17, 15) is 14.7 Å². The van der Waals surface area contributed by atoms with Crippen molar-refractivity contribution < 1.29 is 14.7 Å². The molecule has 0 bridgehead atoms. The highest BCUT2D eigenvalue weighted by Gasteiger charge is 2.37. The van der Waals surface area contributed by atoms with Crippen molar-refractivity contribution in [2.24, 2.45) is 5.92 Å². The predicted molar refractivity (Wildman–Crippen MR) is 76.4 cm³/mol. The van der Waals surface area contributed by atoms with Gasteiger partial charge in [-0.1, -0.05) is 13.0 Å². The number of carbonyl (C=O) groups is 2. The number of nitrogen functional groups attached to an aromatic ring is 1. The van der Waals surface area contributed by atoms with E-state index in [2.05, 4.69) is 0 Å². The Morgan fingerprint density at radius 3 is 2.75 bits per heavy atom. The third-order valence-corrected chi connectivity index (χ3v) is 4.05. The largest absolute Gasteiger partial charge is 0.480 e. The summed E-state index contributed by atoms with van der Waals surface area (Å²) >= 11 is 0. The van der Waals surface area contributed by atoms with Crippen LogP contribution in [0.15, 0.2) is 18.2 Å². The van der Waals surface area contributed by atoms with Gasteiger partial charge in [0.25, 0.3) is 5.91 Å². The van der Waals surface area contributed by atoms with E-state index in [0.717, 1.165) is 12.8 Å². The molecule has 1 aliphatic rings. The summed E-state index contributed by atoms with van der Waals surface area (Å²) in [6.07, 6.45) is 1.66. The molecule has 5 heteroatoms. The lowest BCUT2D eigenvalue weighted by Crippen LogP contribution is -2.52. The van der Waals surface area contributed by atoms with Crippen LogP contribution in [0.5, 0.6) is 0 Å². The molecule has 2 rings (SSSR count). The molecule has 3 N–H and O–H groups in total. The van der Waals surface area contributed by atoms with Gasteiger partial charge in [-0.3, -0.25) is 4.79 Å². The summed E-state index contributed by atoms with van der Waals surface area (Å²) < 4.78 is 0. The maximum absolute atomic E-state index is 12.6. The second kappa shape index (κ2) is 5.53. The zero-order valence-corrected chi connectivity index (χ0v) is 11.8. The number of carboxylic acids is 1. The topological polar surface area (TPSA) is 83.6 Å². The number of nitrogens with zero attached hydrogens (tertiary/aromatic N) is 1. The van der Waals surface area contributed by atoms with Gasteiger partial charge in [0, 0.05) is 17.8 Å². The molecule has 1 fully saturated rings. The average molecular weight is 276 g/mol. The van der Waals surface area contributed by atoms with Crippen LogP contribution in [0.25, 0.3) is 0 Å². The first kappa shape index (κ1) is 14.4. The van der Waals surface area contributed by atoms with Crippen LogP contribution in [0, 0.1) is 12.8 Å². The number of likely N-dealkylation sites (tertiary alicyclic amines) is 1. The summed E-state index contributed by atoms with van der Waals surface area (Å²) in [6.45, 7) is 4.14. The number of benzene rings is 1. The molecule has 0 radical (unpaired) electrons. The van der Waals surface area contributed by atoms with Crippen molar-refractivity contribution in [3.63, 3.8) is 0 Å². The highest BCUT2D eigenvalue weighted by Crippen LogP contribution is 2.27. The lowest BCUT2D eigenvalue weighted by molar-refractivity contribution is -0.145. The summed E-state index contributed by atoms with van der Waals surface area (Å²) in [7, 11) is 0. The molecular formula is C15H20N2O3. The van der Waals surface area contributed by atoms with E-state index in [1.165, 1.54) is 4.90 Å². The lowest BCUT2D eigenvalue weighted by atomic mass is 9.90. The van der Waals surface area contributed by atoms with Crippen LogP contribution in [0.3, 0.4) is 0 Å². The van der Waals surface area contributed by atoms with Crippen LogP contribution >= 0.6 is 0 Å². The zero-order chi connectivity index (χ0) is 14.9.